The number of sulfonamides is 1. The van der Waals surface area contributed by atoms with Crippen molar-refractivity contribution in [3.05, 3.63) is 42.0 Å². The second-order valence-corrected chi connectivity index (χ2v) is 11.6. The van der Waals surface area contributed by atoms with Crippen molar-refractivity contribution in [3.63, 3.8) is 0 Å². The van der Waals surface area contributed by atoms with Gasteiger partial charge in [-0.1, -0.05) is 13.0 Å². The third-order valence-corrected chi connectivity index (χ3v) is 9.25. The number of nitrogens with one attached hydrogen (secondary N) is 1. The summed E-state index contributed by atoms with van der Waals surface area (Å²) in [6, 6.07) is 10.3. The van der Waals surface area contributed by atoms with Crippen LogP contribution in [0.5, 0.6) is 5.75 Å². The van der Waals surface area contributed by atoms with Crippen LogP contribution < -0.4 is 15.0 Å². The summed E-state index contributed by atoms with van der Waals surface area (Å²) in [4.78, 5) is 28.6. The molecule has 2 aromatic carbocycles. The second-order valence-electron chi connectivity index (χ2n) is 8.63. The molecule has 0 bridgehead atoms. The topological polar surface area (TPSA) is 96.0 Å². The van der Waals surface area contributed by atoms with E-state index in [0.717, 1.165) is 23.3 Å². The maximum atomic E-state index is 13.2. The first-order valence-corrected chi connectivity index (χ1v) is 13.7. The van der Waals surface area contributed by atoms with Gasteiger partial charge in [0.1, 0.15) is 12.3 Å². The first-order chi connectivity index (χ1) is 16.2. The van der Waals surface area contributed by atoms with Crippen LogP contribution in [0.25, 0.3) is 0 Å². The minimum atomic E-state index is -3.66. The molecule has 1 fully saturated rings. The van der Waals surface area contributed by atoms with Crippen LogP contribution in [0.3, 0.4) is 0 Å². The Morgan fingerprint density at radius 2 is 1.91 bits per heavy atom. The van der Waals surface area contributed by atoms with Crippen LogP contribution in [0, 0.1) is 12.8 Å². The maximum absolute atomic E-state index is 13.2. The first kappa shape index (κ1) is 24.6. The number of hydrogen-bond donors (Lipinski definition) is 1. The Balaban J connectivity index is 1.66. The summed E-state index contributed by atoms with van der Waals surface area (Å²) in [7, 11) is -2.14. The number of rotatable bonds is 6. The predicted molar refractivity (Wildman–Crippen MR) is 133 cm³/mol. The van der Waals surface area contributed by atoms with Crippen LogP contribution >= 0.6 is 11.8 Å². The number of aryl methyl sites for hydroxylation is 1. The van der Waals surface area contributed by atoms with Crippen molar-refractivity contribution >= 4 is 45.0 Å². The zero-order chi connectivity index (χ0) is 24.5. The number of benzene rings is 2. The molecule has 34 heavy (non-hydrogen) atoms. The van der Waals surface area contributed by atoms with E-state index in [0.29, 0.717) is 36.0 Å². The van der Waals surface area contributed by atoms with E-state index in [2.05, 4.69) is 5.32 Å². The van der Waals surface area contributed by atoms with Gasteiger partial charge < -0.3 is 15.0 Å². The SMILES string of the molecule is COc1ccc(C)cc1NC(=O)CN1C(=O)[C@@H](C)CSc2ccc(S(=O)(=O)N3CCCC3)cc21. The van der Waals surface area contributed by atoms with Gasteiger partial charge in [-0.05, 0) is 55.7 Å². The molecule has 2 aliphatic rings. The van der Waals surface area contributed by atoms with Gasteiger partial charge in [0, 0.05) is 29.7 Å². The lowest BCUT2D eigenvalue weighted by molar-refractivity contribution is -0.123. The predicted octanol–water partition coefficient (Wildman–Crippen LogP) is 3.50. The van der Waals surface area contributed by atoms with Gasteiger partial charge in [0.2, 0.25) is 21.8 Å². The van der Waals surface area contributed by atoms with E-state index in [9.17, 15) is 18.0 Å². The number of nitrogens with zero attached hydrogens (tertiary/aromatic N) is 2. The molecule has 0 unspecified atom stereocenters. The third-order valence-electron chi connectivity index (χ3n) is 6.03. The van der Waals surface area contributed by atoms with Crippen molar-refractivity contribution in [2.75, 3.05) is 42.7 Å². The quantitative estimate of drug-likeness (QED) is 0.648. The van der Waals surface area contributed by atoms with Crippen molar-refractivity contribution in [2.24, 2.45) is 5.92 Å². The molecule has 2 aliphatic heterocycles. The van der Waals surface area contributed by atoms with Gasteiger partial charge in [-0.3, -0.25) is 9.59 Å². The highest BCUT2D eigenvalue weighted by Gasteiger charge is 2.33. The summed E-state index contributed by atoms with van der Waals surface area (Å²) in [6.45, 7) is 4.48. The molecular formula is C24H29N3O5S2. The summed E-state index contributed by atoms with van der Waals surface area (Å²) in [6.07, 6.45) is 1.68. The fourth-order valence-electron chi connectivity index (χ4n) is 4.15. The highest BCUT2D eigenvalue weighted by atomic mass is 32.2. The minimum absolute atomic E-state index is 0.141. The van der Waals surface area contributed by atoms with E-state index in [1.165, 1.54) is 34.1 Å². The molecule has 1 atom stereocenters. The molecule has 2 aromatic rings. The fraction of sp³-hybridized carbons (Fsp3) is 0.417. The molecule has 0 saturated carbocycles. The smallest absolute Gasteiger partial charge is 0.244 e. The molecule has 10 heteroatoms. The average molecular weight is 504 g/mol. The number of methoxy groups -OCH3 is 1. The molecule has 0 aliphatic carbocycles. The van der Waals surface area contributed by atoms with E-state index in [1.54, 1.807) is 24.3 Å². The standard InChI is InChI=1S/C24H29N3O5S2/c1-16-6-8-21(32-3)19(12-16)25-23(28)14-27-20-13-18(34(30,31)26-10-4-5-11-26)7-9-22(20)33-15-17(2)24(27)29/h6-9,12-13,17H,4-5,10-11,14-15H2,1-3H3,(H,25,28)/t17-/m0/s1. The molecule has 0 aromatic heterocycles. The fourth-order valence-corrected chi connectivity index (χ4v) is 6.75. The lowest BCUT2D eigenvalue weighted by atomic mass is 10.1. The summed E-state index contributed by atoms with van der Waals surface area (Å²) in [5.41, 5.74) is 1.92. The van der Waals surface area contributed by atoms with Crippen LogP contribution in [0.4, 0.5) is 11.4 Å². The summed E-state index contributed by atoms with van der Waals surface area (Å²) >= 11 is 1.49. The number of carbonyl (C=O) groups is 2. The van der Waals surface area contributed by atoms with Crippen LogP contribution in [-0.2, 0) is 19.6 Å². The molecule has 1 N–H and O–H groups in total. The summed E-state index contributed by atoms with van der Waals surface area (Å²) in [5.74, 6) is 0.138. The number of hydrogen-bond acceptors (Lipinski definition) is 6. The molecule has 0 radical (unpaired) electrons. The Morgan fingerprint density at radius 3 is 2.62 bits per heavy atom. The molecule has 0 spiro atoms. The average Bonchev–Trinajstić information content (AvgIpc) is 3.33. The summed E-state index contributed by atoms with van der Waals surface area (Å²) < 4.78 is 33.1. The number of amides is 2. The number of ether oxygens (including phenoxy) is 1. The van der Waals surface area contributed by atoms with E-state index >= 15 is 0 Å². The van der Waals surface area contributed by atoms with Gasteiger partial charge in [0.15, 0.2) is 0 Å². The Labute approximate surface area is 204 Å². The lowest BCUT2D eigenvalue weighted by Gasteiger charge is -2.25. The van der Waals surface area contributed by atoms with E-state index in [1.807, 2.05) is 19.9 Å². The Kier molecular flexibility index (Phi) is 7.20. The Hall–Kier alpha value is -2.56. The second kappa shape index (κ2) is 9.97. The van der Waals surface area contributed by atoms with Gasteiger partial charge in [0.05, 0.1) is 23.4 Å². The molecule has 1 saturated heterocycles. The monoisotopic (exact) mass is 503 g/mol. The van der Waals surface area contributed by atoms with Gasteiger partial charge >= 0.3 is 0 Å². The molecule has 4 rings (SSSR count). The normalized spacial score (nSPS) is 19.0. The van der Waals surface area contributed by atoms with Gasteiger partial charge in [-0.15, -0.1) is 11.8 Å². The van der Waals surface area contributed by atoms with Crippen molar-refractivity contribution in [1.82, 2.24) is 4.31 Å². The lowest BCUT2D eigenvalue weighted by Crippen LogP contribution is -2.41. The van der Waals surface area contributed by atoms with Gasteiger partial charge in [-0.25, -0.2) is 8.42 Å². The van der Waals surface area contributed by atoms with Crippen LogP contribution in [-0.4, -0.2) is 57.0 Å². The third kappa shape index (κ3) is 4.94. The van der Waals surface area contributed by atoms with Crippen molar-refractivity contribution in [1.29, 1.82) is 0 Å². The van der Waals surface area contributed by atoms with Crippen molar-refractivity contribution < 1.29 is 22.7 Å². The highest BCUT2D eigenvalue weighted by molar-refractivity contribution is 7.99. The van der Waals surface area contributed by atoms with Gasteiger partial charge in [0.25, 0.3) is 0 Å². The largest absolute Gasteiger partial charge is 0.495 e. The Bertz CT molecular complexity index is 1210. The molecule has 2 amide bonds. The van der Waals surface area contributed by atoms with Crippen molar-refractivity contribution in [3.8, 4) is 5.75 Å². The minimum Gasteiger partial charge on any atom is -0.495 e. The molecule has 2 heterocycles. The zero-order valence-corrected chi connectivity index (χ0v) is 21.2. The van der Waals surface area contributed by atoms with Crippen LogP contribution in [0.2, 0.25) is 0 Å². The highest BCUT2D eigenvalue weighted by Crippen LogP contribution is 2.38. The van der Waals surface area contributed by atoms with Crippen LogP contribution in [0.15, 0.2) is 46.2 Å². The maximum Gasteiger partial charge on any atom is 0.244 e. The zero-order valence-electron chi connectivity index (χ0n) is 19.5. The Morgan fingerprint density at radius 1 is 1.18 bits per heavy atom. The molecular weight excluding hydrogens is 474 g/mol. The first-order valence-electron chi connectivity index (χ1n) is 11.2. The van der Waals surface area contributed by atoms with Gasteiger partial charge in [-0.2, -0.15) is 4.31 Å². The summed E-state index contributed by atoms with van der Waals surface area (Å²) in [5, 5.41) is 2.83. The van der Waals surface area contributed by atoms with E-state index in [-0.39, 0.29) is 23.3 Å². The number of carbonyl (C=O) groups excluding carboxylic acids is 2. The number of anilines is 2. The number of thioether (sulfide) groups is 1. The van der Waals surface area contributed by atoms with E-state index in [4.69, 9.17) is 4.74 Å². The molecule has 8 nitrogen and oxygen atoms in total. The number of fused-ring (bicyclic) bond motifs is 1. The van der Waals surface area contributed by atoms with Crippen LogP contribution in [0.1, 0.15) is 25.3 Å². The van der Waals surface area contributed by atoms with E-state index < -0.39 is 15.9 Å². The molecule has 182 valence electrons. The van der Waals surface area contributed by atoms with Crippen molar-refractivity contribution in [2.45, 2.75) is 36.5 Å².